The summed E-state index contributed by atoms with van der Waals surface area (Å²) in [6.45, 7) is 2.09. The maximum Gasteiger partial charge on any atom is 0.253 e. The Morgan fingerprint density at radius 1 is 1.29 bits per heavy atom. The Balaban J connectivity index is 1.67. The van der Waals surface area contributed by atoms with Crippen LogP contribution in [0.4, 0.5) is 4.39 Å². The number of aryl methyl sites for hydroxylation is 1. The van der Waals surface area contributed by atoms with Crippen molar-refractivity contribution in [1.29, 1.82) is 0 Å². The van der Waals surface area contributed by atoms with Crippen LogP contribution in [0.2, 0.25) is 5.02 Å². The Morgan fingerprint density at radius 2 is 2.12 bits per heavy atom. The number of halogens is 2. The molecule has 1 aromatic carbocycles. The van der Waals surface area contributed by atoms with Gasteiger partial charge in [-0.2, -0.15) is 5.10 Å². The van der Waals surface area contributed by atoms with Crippen molar-refractivity contribution < 1.29 is 9.18 Å². The van der Waals surface area contributed by atoms with Crippen LogP contribution in [0.5, 0.6) is 0 Å². The fourth-order valence-corrected chi connectivity index (χ4v) is 2.38. The van der Waals surface area contributed by atoms with E-state index in [1.165, 1.54) is 18.3 Å². The summed E-state index contributed by atoms with van der Waals surface area (Å²) < 4.78 is 14.6. The first-order chi connectivity index (χ1) is 11.5. The highest BCUT2D eigenvalue weighted by atomic mass is 35.5. The lowest BCUT2D eigenvalue weighted by Gasteiger charge is -2.07. The SMILES string of the molecule is Cc1ccn(-c2ccc(C(=O)NCc3ccc(F)cc3Cl)cn2)n1. The molecule has 0 saturated heterocycles. The second-order valence-corrected chi connectivity index (χ2v) is 5.63. The van der Waals surface area contributed by atoms with E-state index in [0.717, 1.165) is 5.69 Å². The quantitative estimate of drug-likeness (QED) is 0.790. The molecule has 0 spiro atoms. The molecule has 24 heavy (non-hydrogen) atoms. The van der Waals surface area contributed by atoms with Gasteiger partial charge in [-0.05, 0) is 42.8 Å². The molecule has 0 unspecified atom stereocenters. The van der Waals surface area contributed by atoms with Crippen LogP contribution >= 0.6 is 11.6 Å². The van der Waals surface area contributed by atoms with E-state index >= 15 is 0 Å². The second kappa shape index (κ2) is 6.80. The van der Waals surface area contributed by atoms with Crippen molar-refractivity contribution in [2.24, 2.45) is 0 Å². The Kier molecular flexibility index (Phi) is 4.57. The molecule has 2 aromatic heterocycles. The summed E-state index contributed by atoms with van der Waals surface area (Å²) in [5.74, 6) is -0.0731. The molecule has 0 saturated carbocycles. The highest BCUT2D eigenvalue weighted by Gasteiger charge is 2.09. The van der Waals surface area contributed by atoms with Gasteiger partial charge in [0.1, 0.15) is 5.82 Å². The van der Waals surface area contributed by atoms with Crippen molar-refractivity contribution in [3.8, 4) is 5.82 Å². The van der Waals surface area contributed by atoms with Crippen LogP contribution < -0.4 is 5.32 Å². The van der Waals surface area contributed by atoms with Crippen LogP contribution in [0.15, 0.2) is 48.8 Å². The number of nitrogens with zero attached hydrogens (tertiary/aromatic N) is 3. The first-order valence-electron chi connectivity index (χ1n) is 7.24. The molecule has 122 valence electrons. The zero-order valence-electron chi connectivity index (χ0n) is 12.8. The van der Waals surface area contributed by atoms with Crippen molar-refractivity contribution in [3.63, 3.8) is 0 Å². The second-order valence-electron chi connectivity index (χ2n) is 5.23. The Hall–Kier alpha value is -2.73. The van der Waals surface area contributed by atoms with Gasteiger partial charge in [0.25, 0.3) is 5.91 Å². The van der Waals surface area contributed by atoms with Gasteiger partial charge in [-0.25, -0.2) is 14.1 Å². The van der Waals surface area contributed by atoms with Gasteiger partial charge in [0.05, 0.1) is 11.3 Å². The molecule has 0 aliphatic heterocycles. The van der Waals surface area contributed by atoms with Crippen molar-refractivity contribution in [3.05, 3.63) is 76.5 Å². The first kappa shape index (κ1) is 16.1. The molecule has 3 rings (SSSR count). The smallest absolute Gasteiger partial charge is 0.253 e. The number of rotatable bonds is 4. The highest BCUT2D eigenvalue weighted by molar-refractivity contribution is 6.31. The topological polar surface area (TPSA) is 59.8 Å². The van der Waals surface area contributed by atoms with Crippen LogP contribution in [0.25, 0.3) is 5.82 Å². The molecule has 7 heteroatoms. The maximum atomic E-state index is 13.0. The van der Waals surface area contributed by atoms with Gasteiger partial charge in [-0.15, -0.1) is 0 Å². The number of hydrogen-bond donors (Lipinski definition) is 1. The van der Waals surface area contributed by atoms with Crippen LogP contribution in [0, 0.1) is 12.7 Å². The Morgan fingerprint density at radius 3 is 2.75 bits per heavy atom. The minimum absolute atomic E-state index is 0.206. The van der Waals surface area contributed by atoms with Gasteiger partial charge in [0.2, 0.25) is 0 Å². The standard InChI is InChI=1S/C17H14ClFN4O/c1-11-6-7-23(22-11)16-5-3-13(10-20-16)17(24)21-9-12-2-4-14(19)8-15(12)18/h2-8,10H,9H2,1H3,(H,21,24). The monoisotopic (exact) mass is 344 g/mol. The zero-order valence-corrected chi connectivity index (χ0v) is 13.6. The van der Waals surface area contributed by atoms with Gasteiger partial charge < -0.3 is 5.32 Å². The number of nitrogens with one attached hydrogen (secondary N) is 1. The van der Waals surface area contributed by atoms with Crippen molar-refractivity contribution >= 4 is 17.5 Å². The molecular formula is C17H14ClFN4O. The molecule has 0 radical (unpaired) electrons. The minimum atomic E-state index is -0.413. The van der Waals surface area contributed by atoms with Gasteiger partial charge in [-0.3, -0.25) is 4.79 Å². The lowest BCUT2D eigenvalue weighted by atomic mass is 10.2. The van der Waals surface area contributed by atoms with Gasteiger partial charge in [0, 0.05) is 24.0 Å². The van der Waals surface area contributed by atoms with E-state index in [4.69, 9.17) is 11.6 Å². The average Bonchev–Trinajstić information content (AvgIpc) is 3.00. The first-order valence-corrected chi connectivity index (χ1v) is 7.61. The summed E-state index contributed by atoms with van der Waals surface area (Å²) in [7, 11) is 0. The zero-order chi connectivity index (χ0) is 17.1. The maximum absolute atomic E-state index is 13.0. The van der Waals surface area contributed by atoms with E-state index in [1.807, 2.05) is 13.0 Å². The van der Waals surface area contributed by atoms with Crippen LogP contribution in [0.1, 0.15) is 21.6 Å². The molecule has 0 aliphatic carbocycles. The molecule has 1 N–H and O–H groups in total. The number of benzene rings is 1. The highest BCUT2D eigenvalue weighted by Crippen LogP contribution is 2.17. The molecule has 1 amide bonds. The fraction of sp³-hybridized carbons (Fsp3) is 0.118. The Bertz CT molecular complexity index is 877. The molecule has 0 atom stereocenters. The van der Waals surface area contributed by atoms with Crippen molar-refractivity contribution in [1.82, 2.24) is 20.1 Å². The number of hydrogen-bond acceptors (Lipinski definition) is 3. The predicted octanol–water partition coefficient (Wildman–Crippen LogP) is 3.30. The van der Waals surface area contributed by atoms with E-state index < -0.39 is 5.82 Å². The lowest BCUT2D eigenvalue weighted by molar-refractivity contribution is 0.0950. The molecule has 0 fully saturated rings. The molecule has 2 heterocycles. The fourth-order valence-electron chi connectivity index (χ4n) is 2.14. The molecule has 3 aromatic rings. The van der Waals surface area contributed by atoms with Crippen LogP contribution in [0.3, 0.4) is 0 Å². The molecule has 0 aliphatic rings. The number of carbonyl (C=O) groups excluding carboxylic acids is 1. The lowest BCUT2D eigenvalue weighted by Crippen LogP contribution is -2.23. The number of pyridine rings is 1. The number of amides is 1. The molecular weight excluding hydrogens is 331 g/mol. The van der Waals surface area contributed by atoms with E-state index in [9.17, 15) is 9.18 Å². The summed E-state index contributed by atoms with van der Waals surface area (Å²) in [6, 6.07) is 9.31. The van der Waals surface area contributed by atoms with E-state index in [-0.39, 0.29) is 17.5 Å². The predicted molar refractivity (Wildman–Crippen MR) is 88.7 cm³/mol. The largest absolute Gasteiger partial charge is 0.348 e. The summed E-state index contributed by atoms with van der Waals surface area (Å²) in [4.78, 5) is 16.4. The summed E-state index contributed by atoms with van der Waals surface area (Å²) in [5, 5.41) is 7.26. The molecule has 5 nitrogen and oxygen atoms in total. The summed E-state index contributed by atoms with van der Waals surface area (Å²) in [6.07, 6.45) is 3.28. The van der Waals surface area contributed by atoms with Crippen molar-refractivity contribution in [2.75, 3.05) is 0 Å². The number of aromatic nitrogens is 3. The van der Waals surface area contributed by atoms with Crippen LogP contribution in [-0.2, 0) is 6.54 Å². The van der Waals surface area contributed by atoms with Gasteiger partial charge in [-0.1, -0.05) is 17.7 Å². The van der Waals surface area contributed by atoms with Gasteiger partial charge in [0.15, 0.2) is 5.82 Å². The van der Waals surface area contributed by atoms with E-state index in [0.29, 0.717) is 16.9 Å². The normalized spacial score (nSPS) is 10.6. The average molecular weight is 345 g/mol. The summed E-state index contributed by atoms with van der Waals surface area (Å²) in [5.41, 5.74) is 1.94. The third-order valence-electron chi connectivity index (χ3n) is 3.42. The van der Waals surface area contributed by atoms with E-state index in [2.05, 4.69) is 15.4 Å². The Labute approximate surface area is 143 Å². The third-order valence-corrected chi connectivity index (χ3v) is 3.77. The van der Waals surface area contributed by atoms with Gasteiger partial charge >= 0.3 is 0 Å². The van der Waals surface area contributed by atoms with Crippen molar-refractivity contribution in [2.45, 2.75) is 13.5 Å². The third kappa shape index (κ3) is 3.60. The van der Waals surface area contributed by atoms with E-state index in [1.54, 1.807) is 29.1 Å². The number of carbonyl (C=O) groups is 1. The molecule has 0 bridgehead atoms. The summed E-state index contributed by atoms with van der Waals surface area (Å²) >= 11 is 5.94. The minimum Gasteiger partial charge on any atom is -0.348 e. The van der Waals surface area contributed by atoms with Crippen LogP contribution in [-0.4, -0.2) is 20.7 Å².